The molecule has 1 aliphatic carbocycles. The molecule has 3 aromatic rings. The minimum Gasteiger partial charge on any atom is -0.492 e. The third kappa shape index (κ3) is 6.39. The van der Waals surface area contributed by atoms with Crippen LogP contribution in [0.4, 0.5) is 16.2 Å². The van der Waals surface area contributed by atoms with Crippen molar-refractivity contribution in [3.63, 3.8) is 0 Å². The van der Waals surface area contributed by atoms with Gasteiger partial charge in [-0.05, 0) is 59.2 Å². The van der Waals surface area contributed by atoms with Gasteiger partial charge in [-0.25, -0.2) is 4.79 Å². The average molecular weight is 549 g/mol. The van der Waals surface area contributed by atoms with Crippen LogP contribution >= 0.6 is 11.9 Å². The van der Waals surface area contributed by atoms with E-state index < -0.39 is 0 Å². The van der Waals surface area contributed by atoms with Crippen LogP contribution in [-0.4, -0.2) is 30.3 Å². The fraction of sp³-hybridized carbons (Fsp3) is 0.345. The molecule has 1 aromatic heterocycles. The van der Waals surface area contributed by atoms with Gasteiger partial charge >= 0.3 is 6.03 Å². The molecule has 10 heteroatoms. The lowest BCUT2D eigenvalue weighted by molar-refractivity contribution is 0.171. The number of carbonyl (C=O) groups excluding carboxylic acids is 1. The highest BCUT2D eigenvalue weighted by molar-refractivity contribution is 7.99. The normalized spacial score (nSPS) is 16.5. The molecule has 0 saturated heterocycles. The monoisotopic (exact) mass is 548 g/mol. The van der Waals surface area contributed by atoms with Crippen LogP contribution in [0.25, 0.3) is 0 Å². The molecule has 1 heterocycles. The Kier molecular flexibility index (Phi) is 8.54. The van der Waals surface area contributed by atoms with E-state index in [0.717, 1.165) is 28.7 Å². The van der Waals surface area contributed by atoms with E-state index in [4.69, 9.17) is 20.3 Å². The largest absolute Gasteiger partial charge is 0.492 e. The molecule has 5 N–H and O–H groups in total. The van der Waals surface area contributed by atoms with Crippen LogP contribution in [0, 0.1) is 10.8 Å². The molecule has 0 saturated carbocycles. The van der Waals surface area contributed by atoms with E-state index in [1.54, 1.807) is 25.4 Å². The summed E-state index contributed by atoms with van der Waals surface area (Å²) in [7, 11) is 1.60. The van der Waals surface area contributed by atoms with Crippen molar-refractivity contribution in [2.24, 2.45) is 0 Å². The summed E-state index contributed by atoms with van der Waals surface area (Å²) in [5, 5.41) is 21.5. The number of fused-ring (bicyclic) bond motifs is 1. The van der Waals surface area contributed by atoms with Gasteiger partial charge in [0.05, 0.1) is 37.1 Å². The summed E-state index contributed by atoms with van der Waals surface area (Å²) in [4.78, 5) is 13.3. The minimum absolute atomic E-state index is 0.121. The first-order chi connectivity index (χ1) is 18.6. The predicted molar refractivity (Wildman–Crippen MR) is 157 cm³/mol. The highest BCUT2D eigenvalue weighted by Crippen LogP contribution is 2.41. The first-order valence-corrected chi connectivity index (χ1v) is 14.0. The van der Waals surface area contributed by atoms with Gasteiger partial charge in [0.25, 0.3) is 0 Å². The van der Waals surface area contributed by atoms with Gasteiger partial charge in [-0.15, -0.1) is 0 Å². The fourth-order valence-corrected chi connectivity index (χ4v) is 5.11. The Labute approximate surface area is 233 Å². The minimum atomic E-state index is -0.313. The topological polar surface area (TPSA) is 124 Å². The van der Waals surface area contributed by atoms with Gasteiger partial charge < -0.3 is 24.8 Å². The first-order valence-electron chi connectivity index (χ1n) is 12.8. The number of anilines is 2. The number of nitrogens with one attached hydrogen (secondary N) is 5. The number of pyridine rings is 1. The molecule has 9 nitrogen and oxygen atoms in total. The molecule has 0 radical (unpaired) electrons. The number of rotatable bonds is 8. The SMILES string of the molecule is COc1c(NSC)cc(C(C)(C)C)cc1NC(=O)NC1CCC(Oc2ccc(=N)n(C=N)c2)c2ccccc21. The molecule has 4 rings (SSSR count). The Morgan fingerprint density at radius 2 is 1.82 bits per heavy atom. The van der Waals surface area contributed by atoms with E-state index in [-0.39, 0.29) is 29.1 Å². The van der Waals surface area contributed by atoms with Gasteiger partial charge in [0, 0.05) is 6.26 Å². The smallest absolute Gasteiger partial charge is 0.319 e. The van der Waals surface area contributed by atoms with Gasteiger partial charge in [0.1, 0.15) is 17.3 Å². The lowest BCUT2D eigenvalue weighted by atomic mass is 9.85. The van der Waals surface area contributed by atoms with Crippen molar-refractivity contribution in [2.75, 3.05) is 23.4 Å². The van der Waals surface area contributed by atoms with Crippen molar-refractivity contribution in [1.29, 1.82) is 10.8 Å². The maximum Gasteiger partial charge on any atom is 0.319 e. The number of aromatic nitrogens is 1. The van der Waals surface area contributed by atoms with Crippen LogP contribution in [0.3, 0.4) is 0 Å². The number of carbonyl (C=O) groups is 1. The van der Waals surface area contributed by atoms with Crippen LogP contribution in [0.5, 0.6) is 11.5 Å². The lowest BCUT2D eigenvalue weighted by Gasteiger charge is -2.32. The van der Waals surface area contributed by atoms with Crippen molar-refractivity contribution in [3.8, 4) is 11.5 Å². The fourth-order valence-electron chi connectivity index (χ4n) is 4.74. The van der Waals surface area contributed by atoms with Crippen molar-refractivity contribution >= 4 is 35.7 Å². The second-order valence-electron chi connectivity index (χ2n) is 10.4. The summed E-state index contributed by atoms with van der Waals surface area (Å²) in [5.74, 6) is 1.16. The maximum absolute atomic E-state index is 13.3. The Bertz CT molecular complexity index is 1410. The Morgan fingerprint density at radius 1 is 1.10 bits per heavy atom. The highest BCUT2D eigenvalue weighted by atomic mass is 32.2. The summed E-state index contributed by atoms with van der Waals surface area (Å²) < 4.78 is 16.6. The molecule has 206 valence electrons. The lowest BCUT2D eigenvalue weighted by Crippen LogP contribution is -2.35. The Balaban J connectivity index is 1.55. The van der Waals surface area contributed by atoms with Gasteiger partial charge in [-0.2, -0.15) is 0 Å². The third-order valence-corrected chi connectivity index (χ3v) is 7.15. The zero-order chi connectivity index (χ0) is 28.2. The zero-order valence-corrected chi connectivity index (χ0v) is 23.7. The van der Waals surface area contributed by atoms with E-state index in [1.165, 1.54) is 16.5 Å². The molecule has 2 atom stereocenters. The molecular weight excluding hydrogens is 512 g/mol. The third-order valence-electron chi connectivity index (χ3n) is 6.73. The average Bonchev–Trinajstić information content (AvgIpc) is 2.90. The van der Waals surface area contributed by atoms with Crippen molar-refractivity contribution in [1.82, 2.24) is 9.88 Å². The molecule has 2 aromatic carbocycles. The summed E-state index contributed by atoms with van der Waals surface area (Å²) in [5.41, 5.74) is 4.56. The van der Waals surface area contributed by atoms with Gasteiger partial charge in [0.15, 0.2) is 5.75 Å². The molecule has 39 heavy (non-hydrogen) atoms. The van der Waals surface area contributed by atoms with Crippen molar-refractivity contribution in [2.45, 2.75) is 51.2 Å². The van der Waals surface area contributed by atoms with E-state index in [0.29, 0.717) is 30.0 Å². The number of urea groups is 1. The Hall–Kier alpha value is -3.92. The van der Waals surface area contributed by atoms with E-state index in [9.17, 15) is 4.79 Å². The molecule has 0 aliphatic heterocycles. The molecule has 2 unspecified atom stereocenters. The molecular formula is C29H36N6O3S. The number of amides is 2. The van der Waals surface area contributed by atoms with Crippen LogP contribution in [-0.2, 0) is 5.41 Å². The second kappa shape index (κ2) is 11.9. The number of methoxy groups -OCH3 is 1. The van der Waals surface area contributed by atoms with Gasteiger partial charge in [-0.1, -0.05) is 57.0 Å². The zero-order valence-electron chi connectivity index (χ0n) is 22.9. The Morgan fingerprint density at radius 3 is 2.49 bits per heavy atom. The predicted octanol–water partition coefficient (Wildman–Crippen LogP) is 6.20. The molecule has 0 bridgehead atoms. The summed E-state index contributed by atoms with van der Waals surface area (Å²) in [6.07, 6.45) is 5.83. The summed E-state index contributed by atoms with van der Waals surface area (Å²) in [6.45, 7) is 6.39. The van der Waals surface area contributed by atoms with E-state index in [1.807, 2.05) is 36.6 Å². The number of benzene rings is 2. The number of hydrogen-bond donors (Lipinski definition) is 5. The van der Waals surface area contributed by atoms with Crippen LogP contribution < -0.4 is 30.3 Å². The highest BCUT2D eigenvalue weighted by Gasteiger charge is 2.30. The standard InChI is InChI=1S/C29H36N6O3S/c1-29(2,3)18-14-23(27(37-4)24(15-18)34-39-5)33-28(36)32-22-11-12-25(21-9-7-6-8-20(21)22)38-19-10-13-26(31)35(16-19)17-30/h6-10,13-17,22,25,30-31,34H,11-12H2,1-5H3,(H2,32,33,36). The first kappa shape index (κ1) is 28.1. The van der Waals surface area contributed by atoms with Gasteiger partial charge in [0.2, 0.25) is 0 Å². The van der Waals surface area contributed by atoms with Crippen LogP contribution in [0.1, 0.15) is 62.4 Å². The van der Waals surface area contributed by atoms with Crippen LogP contribution in [0.15, 0.2) is 54.7 Å². The maximum atomic E-state index is 13.3. The molecule has 2 amide bonds. The molecule has 1 aliphatic rings. The van der Waals surface area contributed by atoms with E-state index >= 15 is 0 Å². The summed E-state index contributed by atoms with van der Waals surface area (Å²) >= 11 is 1.46. The molecule has 0 fully saturated rings. The van der Waals surface area contributed by atoms with Crippen LogP contribution in [0.2, 0.25) is 0 Å². The second-order valence-corrected chi connectivity index (χ2v) is 11.0. The molecule has 0 spiro atoms. The number of nitrogens with zero attached hydrogens (tertiary/aromatic N) is 1. The quantitative estimate of drug-likeness (QED) is 0.130. The summed E-state index contributed by atoms with van der Waals surface area (Å²) in [6, 6.07) is 14.8. The number of hydrogen-bond acceptors (Lipinski definition) is 7. The number of ether oxygens (including phenoxy) is 2. The van der Waals surface area contributed by atoms with Crippen molar-refractivity contribution in [3.05, 3.63) is 76.9 Å². The van der Waals surface area contributed by atoms with Gasteiger partial charge in [-0.3, -0.25) is 15.4 Å². The van der Waals surface area contributed by atoms with E-state index in [2.05, 4.69) is 42.2 Å². The van der Waals surface area contributed by atoms with Crippen molar-refractivity contribution < 1.29 is 14.3 Å².